The van der Waals surface area contributed by atoms with Gasteiger partial charge in [-0.3, -0.25) is 0 Å². The molecule has 0 radical (unpaired) electrons. The molecule has 0 aromatic heterocycles. The van der Waals surface area contributed by atoms with Crippen LogP contribution in [0.3, 0.4) is 0 Å². The van der Waals surface area contributed by atoms with Gasteiger partial charge in [0.1, 0.15) is 0 Å². The minimum Gasteiger partial charge on any atom is -0.412 e. The summed E-state index contributed by atoms with van der Waals surface area (Å²) in [4.78, 5) is 0. The maximum absolute atomic E-state index is 11.7. The summed E-state index contributed by atoms with van der Waals surface area (Å²) in [5.74, 6) is 1.54. The van der Waals surface area contributed by atoms with Crippen molar-refractivity contribution in [2.75, 3.05) is 31.9 Å². The van der Waals surface area contributed by atoms with Crippen molar-refractivity contribution < 1.29 is 13.9 Å². The summed E-state index contributed by atoms with van der Waals surface area (Å²) in [5, 5.41) is 3.35. The molecule has 0 amide bonds. The van der Waals surface area contributed by atoms with Crippen LogP contribution in [0.4, 0.5) is 0 Å². The van der Waals surface area contributed by atoms with Crippen LogP contribution >= 0.6 is 12.4 Å². The van der Waals surface area contributed by atoms with Crippen molar-refractivity contribution in [3.8, 4) is 0 Å². The highest BCUT2D eigenvalue weighted by molar-refractivity contribution is 7.89. The molecule has 2 aliphatic heterocycles. The molecule has 2 rings (SSSR count). The Morgan fingerprint density at radius 3 is 2.44 bits per heavy atom. The van der Waals surface area contributed by atoms with Crippen LogP contribution in [0.25, 0.3) is 0 Å². The third-order valence-corrected chi connectivity index (χ3v) is 5.81. The van der Waals surface area contributed by atoms with E-state index in [0.29, 0.717) is 17.6 Å². The number of hydrogen-bond donors (Lipinski definition) is 1. The fourth-order valence-corrected chi connectivity index (χ4v) is 4.40. The summed E-state index contributed by atoms with van der Waals surface area (Å²) in [5.41, 5.74) is 0. The van der Waals surface area contributed by atoms with E-state index in [0.717, 1.165) is 32.6 Å². The molecule has 1 atom stereocenters. The average Bonchev–Trinajstić information content (AvgIpc) is 2.59. The average molecular weight is 301 g/mol. The van der Waals surface area contributed by atoms with Gasteiger partial charge in [-0.15, -0.1) is 12.4 Å². The zero-order valence-corrected chi connectivity index (χ0v) is 12.5. The summed E-state index contributed by atoms with van der Waals surface area (Å²) in [7, 11) is -2.90. The zero-order chi connectivity index (χ0) is 11.6. The molecule has 110 valence electrons. The van der Waals surface area contributed by atoms with Gasteiger partial charge in [0.2, 0.25) is 10.0 Å². The first kappa shape index (κ1) is 18.1. The van der Waals surface area contributed by atoms with E-state index in [2.05, 4.69) is 12.2 Å². The normalized spacial score (nSPS) is 26.1. The molecule has 0 aromatic carbocycles. The van der Waals surface area contributed by atoms with Gasteiger partial charge in [0, 0.05) is 13.1 Å². The summed E-state index contributed by atoms with van der Waals surface area (Å²) in [6.45, 7) is 5.83. The topological polar surface area (TPSA) is 80.9 Å². The molecule has 5 nitrogen and oxygen atoms in total. The van der Waals surface area contributed by atoms with E-state index in [9.17, 15) is 8.42 Å². The Morgan fingerprint density at radius 2 is 1.94 bits per heavy atom. The maximum Gasteiger partial charge on any atom is 0.214 e. The summed E-state index contributed by atoms with van der Waals surface area (Å²) < 4.78 is 25.1. The highest BCUT2D eigenvalue weighted by atomic mass is 35.5. The standard InChI is InChI=1S/C11H22N2O2S.ClH.H2O/c1-10(11-3-5-12-6-4-11)9-13-7-2-8-16(13,14)15;;/h10-12H,2-9H2,1H3;1H;1H2. The first-order valence-corrected chi connectivity index (χ1v) is 7.89. The van der Waals surface area contributed by atoms with Gasteiger partial charge in [0.15, 0.2) is 0 Å². The number of hydrogen-bond acceptors (Lipinski definition) is 3. The van der Waals surface area contributed by atoms with Crippen molar-refractivity contribution >= 4 is 22.4 Å². The van der Waals surface area contributed by atoms with Gasteiger partial charge in [-0.1, -0.05) is 6.92 Å². The first-order chi connectivity index (χ1) is 7.59. The second-order valence-electron chi connectivity index (χ2n) is 5.09. The van der Waals surface area contributed by atoms with Crippen LogP contribution in [0.5, 0.6) is 0 Å². The van der Waals surface area contributed by atoms with Crippen LogP contribution < -0.4 is 5.32 Å². The van der Waals surface area contributed by atoms with E-state index in [1.165, 1.54) is 12.8 Å². The first-order valence-electron chi connectivity index (χ1n) is 6.28. The Morgan fingerprint density at radius 1 is 1.33 bits per heavy atom. The largest absolute Gasteiger partial charge is 0.412 e. The predicted molar refractivity (Wildman–Crippen MR) is 75.6 cm³/mol. The van der Waals surface area contributed by atoms with Crippen LogP contribution in [0, 0.1) is 11.8 Å². The van der Waals surface area contributed by atoms with Crippen LogP contribution in [0.2, 0.25) is 0 Å². The molecule has 0 spiro atoms. The Balaban J connectivity index is 0.00000144. The summed E-state index contributed by atoms with van der Waals surface area (Å²) in [6.07, 6.45) is 3.19. The molecule has 0 aromatic rings. The van der Waals surface area contributed by atoms with E-state index < -0.39 is 10.0 Å². The Labute approximate surface area is 116 Å². The van der Waals surface area contributed by atoms with Gasteiger partial charge in [-0.05, 0) is 44.2 Å². The molecule has 3 N–H and O–H groups in total. The van der Waals surface area contributed by atoms with Crippen molar-refractivity contribution in [1.29, 1.82) is 0 Å². The lowest BCUT2D eigenvalue weighted by molar-refractivity contribution is 0.238. The van der Waals surface area contributed by atoms with Gasteiger partial charge >= 0.3 is 0 Å². The van der Waals surface area contributed by atoms with E-state index in [4.69, 9.17) is 0 Å². The molecular weight excluding hydrogens is 276 g/mol. The van der Waals surface area contributed by atoms with Crippen molar-refractivity contribution in [1.82, 2.24) is 9.62 Å². The lowest BCUT2D eigenvalue weighted by atomic mass is 9.86. The number of sulfonamides is 1. The van der Waals surface area contributed by atoms with E-state index in [1.54, 1.807) is 4.31 Å². The Kier molecular flexibility index (Phi) is 7.70. The molecule has 2 saturated heterocycles. The van der Waals surface area contributed by atoms with Crippen molar-refractivity contribution in [3.05, 3.63) is 0 Å². The van der Waals surface area contributed by atoms with Gasteiger partial charge in [-0.2, -0.15) is 0 Å². The van der Waals surface area contributed by atoms with Gasteiger partial charge in [0.05, 0.1) is 5.75 Å². The molecule has 2 fully saturated rings. The number of nitrogens with zero attached hydrogens (tertiary/aromatic N) is 1. The fourth-order valence-electron chi connectivity index (χ4n) is 2.78. The summed E-state index contributed by atoms with van der Waals surface area (Å²) >= 11 is 0. The predicted octanol–water partition coefficient (Wildman–Crippen LogP) is 0.255. The van der Waals surface area contributed by atoms with Crippen LogP contribution in [0.15, 0.2) is 0 Å². The molecule has 1 unspecified atom stereocenters. The van der Waals surface area contributed by atoms with Crippen LogP contribution in [-0.2, 0) is 10.0 Å². The highest BCUT2D eigenvalue weighted by Crippen LogP contribution is 2.25. The zero-order valence-electron chi connectivity index (χ0n) is 10.9. The Bertz CT molecular complexity index is 331. The highest BCUT2D eigenvalue weighted by Gasteiger charge is 2.31. The maximum atomic E-state index is 11.7. The van der Waals surface area contributed by atoms with Crippen molar-refractivity contribution in [3.63, 3.8) is 0 Å². The van der Waals surface area contributed by atoms with Crippen molar-refractivity contribution in [2.45, 2.75) is 26.2 Å². The molecule has 0 aliphatic carbocycles. The fraction of sp³-hybridized carbons (Fsp3) is 1.00. The quantitative estimate of drug-likeness (QED) is 0.811. The lowest BCUT2D eigenvalue weighted by Crippen LogP contribution is -2.37. The van der Waals surface area contributed by atoms with Gasteiger partial charge in [-0.25, -0.2) is 12.7 Å². The van der Waals surface area contributed by atoms with Gasteiger partial charge in [0.25, 0.3) is 0 Å². The van der Waals surface area contributed by atoms with E-state index in [-0.39, 0.29) is 17.9 Å². The van der Waals surface area contributed by atoms with Crippen LogP contribution in [0.1, 0.15) is 26.2 Å². The number of rotatable bonds is 3. The molecule has 0 bridgehead atoms. The third-order valence-electron chi connectivity index (χ3n) is 3.88. The second kappa shape index (κ2) is 7.65. The smallest absolute Gasteiger partial charge is 0.214 e. The minimum absolute atomic E-state index is 0. The third kappa shape index (κ3) is 4.35. The molecule has 0 saturated carbocycles. The second-order valence-corrected chi connectivity index (χ2v) is 7.18. The molecule has 2 heterocycles. The van der Waals surface area contributed by atoms with E-state index >= 15 is 0 Å². The monoisotopic (exact) mass is 300 g/mol. The van der Waals surface area contributed by atoms with Gasteiger partial charge < -0.3 is 10.8 Å². The molecular formula is C11H25ClN2O3S. The van der Waals surface area contributed by atoms with Crippen LogP contribution in [-0.4, -0.2) is 50.1 Å². The number of piperidine rings is 1. The number of nitrogens with one attached hydrogen (secondary N) is 1. The molecule has 2 aliphatic rings. The Hall–Kier alpha value is 0.120. The van der Waals surface area contributed by atoms with Crippen molar-refractivity contribution in [2.24, 2.45) is 11.8 Å². The minimum atomic E-state index is -2.90. The number of halogens is 1. The molecule has 18 heavy (non-hydrogen) atoms. The summed E-state index contributed by atoms with van der Waals surface area (Å²) in [6, 6.07) is 0. The lowest BCUT2D eigenvalue weighted by Gasteiger charge is -2.30. The molecule has 7 heteroatoms. The SMILES string of the molecule is CC(CN1CCCS1(=O)=O)C1CCNCC1.Cl.O. The van der Waals surface area contributed by atoms with E-state index in [1.807, 2.05) is 0 Å².